The SMILES string of the molecule is CCC(CC)(Cn1nnnc1C(C)C1CC1)C(=O)O. The first kappa shape index (κ1) is 14.0. The summed E-state index contributed by atoms with van der Waals surface area (Å²) in [5.74, 6) is 1.04. The van der Waals surface area contributed by atoms with Crippen molar-refractivity contribution in [1.29, 1.82) is 0 Å². The fourth-order valence-electron chi connectivity index (χ4n) is 2.59. The van der Waals surface area contributed by atoms with Gasteiger partial charge in [-0.2, -0.15) is 0 Å². The summed E-state index contributed by atoms with van der Waals surface area (Å²) in [5, 5.41) is 21.3. The molecule has 19 heavy (non-hydrogen) atoms. The van der Waals surface area contributed by atoms with Crippen LogP contribution in [0.25, 0.3) is 0 Å². The van der Waals surface area contributed by atoms with Crippen molar-refractivity contribution >= 4 is 5.97 Å². The minimum atomic E-state index is -0.770. The fraction of sp³-hybridized carbons (Fsp3) is 0.846. The second-order valence-electron chi connectivity index (χ2n) is 5.61. The molecule has 1 aromatic heterocycles. The number of tetrazole rings is 1. The van der Waals surface area contributed by atoms with Crippen LogP contribution in [0.3, 0.4) is 0 Å². The van der Waals surface area contributed by atoms with Crippen molar-refractivity contribution in [1.82, 2.24) is 20.2 Å². The lowest BCUT2D eigenvalue weighted by Crippen LogP contribution is -2.35. The van der Waals surface area contributed by atoms with Gasteiger partial charge in [-0.05, 0) is 42.0 Å². The first-order valence-corrected chi connectivity index (χ1v) is 7.03. The number of hydrogen-bond donors (Lipinski definition) is 1. The number of nitrogens with zero attached hydrogens (tertiary/aromatic N) is 4. The third kappa shape index (κ3) is 2.62. The first-order valence-electron chi connectivity index (χ1n) is 7.03. The van der Waals surface area contributed by atoms with E-state index in [1.54, 1.807) is 4.68 Å². The predicted octanol–water partition coefficient (Wildman–Crippen LogP) is 2.08. The van der Waals surface area contributed by atoms with Crippen LogP contribution < -0.4 is 0 Å². The lowest BCUT2D eigenvalue weighted by atomic mass is 9.82. The fourth-order valence-corrected chi connectivity index (χ4v) is 2.59. The maximum absolute atomic E-state index is 11.6. The molecule has 106 valence electrons. The van der Waals surface area contributed by atoms with E-state index in [2.05, 4.69) is 22.4 Å². The van der Waals surface area contributed by atoms with Crippen molar-refractivity contribution in [2.45, 2.75) is 58.9 Å². The van der Waals surface area contributed by atoms with Crippen molar-refractivity contribution in [2.75, 3.05) is 0 Å². The predicted molar refractivity (Wildman–Crippen MR) is 69.6 cm³/mol. The van der Waals surface area contributed by atoms with Gasteiger partial charge < -0.3 is 5.11 Å². The van der Waals surface area contributed by atoms with Crippen LogP contribution in [0, 0.1) is 11.3 Å². The average Bonchev–Trinajstić information content (AvgIpc) is 3.15. The molecule has 6 heteroatoms. The molecular weight excluding hydrogens is 244 g/mol. The third-order valence-corrected chi connectivity index (χ3v) is 4.56. The van der Waals surface area contributed by atoms with Gasteiger partial charge in [0.25, 0.3) is 0 Å². The maximum atomic E-state index is 11.6. The second kappa shape index (κ2) is 5.27. The molecule has 1 N–H and O–H groups in total. The smallest absolute Gasteiger partial charge is 0.311 e. The molecule has 0 spiro atoms. The molecule has 0 aliphatic heterocycles. The Hall–Kier alpha value is -1.46. The zero-order valence-electron chi connectivity index (χ0n) is 11.8. The van der Waals surface area contributed by atoms with Crippen LogP contribution in [0.2, 0.25) is 0 Å². The van der Waals surface area contributed by atoms with E-state index in [1.165, 1.54) is 12.8 Å². The number of aromatic nitrogens is 4. The molecule has 1 aromatic rings. The Balaban J connectivity index is 2.22. The molecule has 0 amide bonds. The Labute approximate surface area is 113 Å². The molecule has 1 aliphatic rings. The van der Waals surface area contributed by atoms with Crippen LogP contribution >= 0.6 is 0 Å². The first-order chi connectivity index (χ1) is 9.04. The molecule has 1 atom stereocenters. The van der Waals surface area contributed by atoms with Gasteiger partial charge in [-0.15, -0.1) is 5.10 Å². The molecule has 0 aromatic carbocycles. The lowest BCUT2D eigenvalue weighted by molar-refractivity contribution is -0.150. The summed E-state index contributed by atoms with van der Waals surface area (Å²) in [7, 11) is 0. The molecule has 1 saturated carbocycles. The minimum absolute atomic E-state index is 0.315. The normalized spacial score (nSPS) is 17.4. The number of aliphatic carboxylic acids is 1. The van der Waals surface area contributed by atoms with Gasteiger partial charge in [0.15, 0.2) is 5.82 Å². The Morgan fingerprint density at radius 1 is 1.47 bits per heavy atom. The summed E-state index contributed by atoms with van der Waals surface area (Å²) >= 11 is 0. The van der Waals surface area contributed by atoms with E-state index in [-0.39, 0.29) is 0 Å². The van der Waals surface area contributed by atoms with Crippen LogP contribution in [-0.2, 0) is 11.3 Å². The highest BCUT2D eigenvalue weighted by molar-refractivity contribution is 5.74. The summed E-state index contributed by atoms with van der Waals surface area (Å²) in [5.41, 5.74) is -0.770. The summed E-state index contributed by atoms with van der Waals surface area (Å²) in [6.07, 6.45) is 3.60. The van der Waals surface area contributed by atoms with Crippen LogP contribution in [0.15, 0.2) is 0 Å². The van der Waals surface area contributed by atoms with Crippen molar-refractivity contribution in [3.8, 4) is 0 Å². The topological polar surface area (TPSA) is 80.9 Å². The Kier molecular flexibility index (Phi) is 3.87. The van der Waals surface area contributed by atoms with E-state index < -0.39 is 11.4 Å². The molecule has 1 heterocycles. The van der Waals surface area contributed by atoms with Crippen molar-refractivity contribution in [3.05, 3.63) is 5.82 Å². The van der Waals surface area contributed by atoms with E-state index >= 15 is 0 Å². The van der Waals surface area contributed by atoms with Gasteiger partial charge in [0.05, 0.1) is 12.0 Å². The molecule has 1 aliphatic carbocycles. The number of hydrogen-bond acceptors (Lipinski definition) is 4. The average molecular weight is 266 g/mol. The van der Waals surface area contributed by atoms with Crippen LogP contribution in [0.4, 0.5) is 0 Å². The summed E-state index contributed by atoms with van der Waals surface area (Å²) in [6, 6.07) is 0. The Morgan fingerprint density at radius 3 is 2.58 bits per heavy atom. The van der Waals surface area contributed by atoms with E-state index in [1.807, 2.05) is 13.8 Å². The number of carbonyl (C=O) groups is 1. The van der Waals surface area contributed by atoms with Crippen molar-refractivity contribution in [2.24, 2.45) is 11.3 Å². The number of carboxylic acid groups (broad SMARTS) is 1. The standard InChI is InChI=1S/C13H22N4O2/c1-4-13(5-2,12(18)19)8-17-11(14-15-16-17)9(3)10-6-7-10/h9-10H,4-8H2,1-3H3,(H,18,19). The molecule has 2 rings (SSSR count). The quantitative estimate of drug-likeness (QED) is 0.817. The Morgan fingerprint density at radius 2 is 2.11 bits per heavy atom. The lowest BCUT2D eigenvalue weighted by Gasteiger charge is -2.27. The van der Waals surface area contributed by atoms with Gasteiger partial charge in [-0.25, -0.2) is 4.68 Å². The molecule has 0 bridgehead atoms. The number of rotatable bonds is 7. The van der Waals surface area contributed by atoms with Gasteiger partial charge in [0, 0.05) is 5.92 Å². The third-order valence-electron chi connectivity index (χ3n) is 4.56. The van der Waals surface area contributed by atoms with E-state index in [0.29, 0.717) is 31.2 Å². The van der Waals surface area contributed by atoms with Crippen LogP contribution in [0.5, 0.6) is 0 Å². The molecule has 0 radical (unpaired) electrons. The van der Waals surface area contributed by atoms with Gasteiger partial charge in [0.2, 0.25) is 0 Å². The summed E-state index contributed by atoms with van der Waals surface area (Å²) in [4.78, 5) is 11.6. The van der Waals surface area contributed by atoms with Crippen molar-refractivity contribution in [3.63, 3.8) is 0 Å². The highest BCUT2D eigenvalue weighted by Gasteiger charge is 2.38. The number of carboxylic acids is 1. The molecule has 0 saturated heterocycles. The Bertz CT molecular complexity index is 449. The second-order valence-corrected chi connectivity index (χ2v) is 5.61. The maximum Gasteiger partial charge on any atom is 0.311 e. The highest BCUT2D eigenvalue weighted by Crippen LogP contribution is 2.41. The zero-order chi connectivity index (χ0) is 14.0. The van der Waals surface area contributed by atoms with Gasteiger partial charge >= 0.3 is 5.97 Å². The molecular formula is C13H22N4O2. The van der Waals surface area contributed by atoms with E-state index in [9.17, 15) is 9.90 Å². The van der Waals surface area contributed by atoms with Crippen LogP contribution in [-0.4, -0.2) is 31.3 Å². The molecule has 1 unspecified atom stereocenters. The highest BCUT2D eigenvalue weighted by atomic mass is 16.4. The van der Waals surface area contributed by atoms with Gasteiger partial charge in [0.1, 0.15) is 0 Å². The minimum Gasteiger partial charge on any atom is -0.481 e. The summed E-state index contributed by atoms with van der Waals surface area (Å²) in [6.45, 7) is 6.30. The zero-order valence-corrected chi connectivity index (χ0v) is 11.8. The summed E-state index contributed by atoms with van der Waals surface area (Å²) < 4.78 is 1.70. The van der Waals surface area contributed by atoms with Gasteiger partial charge in [-0.3, -0.25) is 4.79 Å². The monoisotopic (exact) mass is 266 g/mol. The molecule has 1 fully saturated rings. The van der Waals surface area contributed by atoms with E-state index in [4.69, 9.17) is 0 Å². The largest absolute Gasteiger partial charge is 0.481 e. The van der Waals surface area contributed by atoms with Gasteiger partial charge in [-0.1, -0.05) is 20.8 Å². The van der Waals surface area contributed by atoms with Crippen LogP contribution in [0.1, 0.15) is 58.2 Å². The van der Waals surface area contributed by atoms with Crippen molar-refractivity contribution < 1.29 is 9.90 Å². The molecule has 6 nitrogen and oxygen atoms in total. The van der Waals surface area contributed by atoms with E-state index in [0.717, 1.165) is 5.82 Å².